The van der Waals surface area contributed by atoms with E-state index in [0.717, 1.165) is 0 Å². The zero-order valence-electron chi connectivity index (χ0n) is 12.8. The average Bonchev–Trinajstić information content (AvgIpc) is 3.07. The molecule has 2 aromatic heterocycles. The molecular formula is C15H18FN5O2. The van der Waals surface area contributed by atoms with E-state index in [4.69, 9.17) is 4.52 Å². The molecule has 0 aliphatic carbocycles. The fourth-order valence-corrected chi connectivity index (χ4v) is 2.65. The molecule has 7 nitrogen and oxygen atoms in total. The van der Waals surface area contributed by atoms with E-state index < -0.39 is 5.67 Å². The second-order valence-electron chi connectivity index (χ2n) is 5.48. The number of piperidine rings is 1. The van der Waals surface area contributed by atoms with Crippen molar-refractivity contribution < 1.29 is 13.7 Å². The average molecular weight is 319 g/mol. The van der Waals surface area contributed by atoms with Crippen molar-refractivity contribution in [2.24, 2.45) is 0 Å². The van der Waals surface area contributed by atoms with Crippen molar-refractivity contribution in [3.05, 3.63) is 30.4 Å². The molecule has 0 saturated carbocycles. The molecule has 1 unspecified atom stereocenters. The monoisotopic (exact) mass is 319 g/mol. The lowest BCUT2D eigenvalue weighted by molar-refractivity contribution is 0.0308. The van der Waals surface area contributed by atoms with Crippen molar-refractivity contribution in [1.29, 1.82) is 0 Å². The van der Waals surface area contributed by atoms with Crippen LogP contribution in [0.15, 0.2) is 29.0 Å². The van der Waals surface area contributed by atoms with Gasteiger partial charge in [-0.1, -0.05) is 5.16 Å². The van der Waals surface area contributed by atoms with Gasteiger partial charge in [-0.15, -0.1) is 0 Å². The molecule has 1 aliphatic heterocycles. The Hall–Kier alpha value is -2.51. The Bertz CT molecular complexity index is 678. The summed E-state index contributed by atoms with van der Waals surface area (Å²) in [5.41, 5.74) is -1.11. The smallest absolute Gasteiger partial charge is 0.317 e. The third kappa shape index (κ3) is 3.15. The molecule has 1 fully saturated rings. The molecule has 1 saturated heterocycles. The maximum Gasteiger partial charge on any atom is 0.317 e. The van der Waals surface area contributed by atoms with Gasteiger partial charge in [0.25, 0.3) is 5.89 Å². The second kappa shape index (κ2) is 6.31. The lowest BCUT2D eigenvalue weighted by Crippen LogP contribution is -2.50. The van der Waals surface area contributed by atoms with Crippen LogP contribution in [0.25, 0.3) is 11.4 Å². The molecule has 1 N–H and O–H groups in total. The summed E-state index contributed by atoms with van der Waals surface area (Å²) in [4.78, 5) is 21.5. The third-order valence-electron chi connectivity index (χ3n) is 3.81. The van der Waals surface area contributed by atoms with E-state index in [2.05, 4.69) is 20.4 Å². The summed E-state index contributed by atoms with van der Waals surface area (Å²) in [6.07, 6.45) is 4.00. The van der Waals surface area contributed by atoms with Crippen molar-refractivity contribution >= 4 is 6.03 Å². The Morgan fingerprint density at radius 1 is 1.48 bits per heavy atom. The number of halogens is 1. The maximum atomic E-state index is 15.3. The number of urea groups is 1. The molecule has 1 atom stereocenters. The minimum atomic E-state index is -1.82. The van der Waals surface area contributed by atoms with Crippen LogP contribution in [0.1, 0.15) is 25.7 Å². The lowest BCUT2D eigenvalue weighted by Gasteiger charge is -2.34. The molecule has 8 heteroatoms. The van der Waals surface area contributed by atoms with Crippen LogP contribution in [-0.4, -0.2) is 45.7 Å². The Labute approximate surface area is 132 Å². The van der Waals surface area contributed by atoms with Crippen LogP contribution in [0.2, 0.25) is 0 Å². The first kappa shape index (κ1) is 15.4. The van der Waals surface area contributed by atoms with E-state index in [9.17, 15) is 4.79 Å². The lowest BCUT2D eigenvalue weighted by atomic mass is 9.94. The first-order valence-electron chi connectivity index (χ1n) is 7.58. The first-order valence-corrected chi connectivity index (χ1v) is 7.58. The van der Waals surface area contributed by atoms with Gasteiger partial charge in [-0.2, -0.15) is 4.98 Å². The molecule has 0 spiro atoms. The summed E-state index contributed by atoms with van der Waals surface area (Å²) in [5.74, 6) is 0.230. The summed E-state index contributed by atoms with van der Waals surface area (Å²) < 4.78 is 20.4. The third-order valence-corrected chi connectivity index (χ3v) is 3.81. The zero-order valence-corrected chi connectivity index (χ0v) is 12.8. The molecule has 2 aromatic rings. The predicted molar refractivity (Wildman–Crippen MR) is 80.2 cm³/mol. The summed E-state index contributed by atoms with van der Waals surface area (Å²) >= 11 is 0. The standard InChI is InChI=1S/C15H18FN5O2/c1-2-18-14(22)21-9-3-6-15(16,10-21)13-19-12(20-23-13)11-4-7-17-8-5-11/h4-5,7-8H,2-3,6,9-10H2,1H3,(H,18,22). The number of carbonyl (C=O) groups excluding carboxylic acids is 1. The number of amides is 2. The molecule has 0 aromatic carbocycles. The fourth-order valence-electron chi connectivity index (χ4n) is 2.65. The summed E-state index contributed by atoms with van der Waals surface area (Å²) in [7, 11) is 0. The number of carbonyl (C=O) groups is 1. The van der Waals surface area contributed by atoms with Gasteiger partial charge in [0, 0.05) is 31.0 Å². The molecule has 0 bridgehead atoms. The summed E-state index contributed by atoms with van der Waals surface area (Å²) in [5, 5.41) is 6.52. The van der Waals surface area contributed by atoms with Crippen LogP contribution in [0.3, 0.4) is 0 Å². The van der Waals surface area contributed by atoms with Gasteiger partial charge >= 0.3 is 6.03 Å². The van der Waals surface area contributed by atoms with Crippen molar-refractivity contribution in [2.75, 3.05) is 19.6 Å². The Morgan fingerprint density at radius 3 is 3.00 bits per heavy atom. The number of nitrogens with zero attached hydrogens (tertiary/aromatic N) is 4. The van der Waals surface area contributed by atoms with Crippen molar-refractivity contribution in [3.63, 3.8) is 0 Å². The fraction of sp³-hybridized carbons (Fsp3) is 0.467. The van der Waals surface area contributed by atoms with Gasteiger partial charge in [0.1, 0.15) is 0 Å². The van der Waals surface area contributed by atoms with Gasteiger partial charge in [0.05, 0.1) is 6.54 Å². The van der Waals surface area contributed by atoms with Gasteiger partial charge in [-0.05, 0) is 31.9 Å². The number of hydrogen-bond acceptors (Lipinski definition) is 5. The molecule has 1 aliphatic rings. The van der Waals surface area contributed by atoms with E-state index in [-0.39, 0.29) is 24.9 Å². The van der Waals surface area contributed by atoms with Gasteiger partial charge in [0.15, 0.2) is 0 Å². The minimum Gasteiger partial charge on any atom is -0.338 e. The summed E-state index contributed by atoms with van der Waals surface area (Å²) in [6.45, 7) is 2.75. The van der Waals surface area contributed by atoms with Gasteiger partial charge in [-0.25, -0.2) is 9.18 Å². The van der Waals surface area contributed by atoms with E-state index in [1.165, 1.54) is 4.90 Å². The molecular weight excluding hydrogens is 301 g/mol. The number of aromatic nitrogens is 3. The number of alkyl halides is 1. The predicted octanol–water partition coefficient (Wildman–Crippen LogP) is 2.12. The first-order chi connectivity index (χ1) is 11.1. The maximum absolute atomic E-state index is 15.3. The number of hydrogen-bond donors (Lipinski definition) is 1. The van der Waals surface area contributed by atoms with Crippen molar-refractivity contribution in [3.8, 4) is 11.4 Å². The highest BCUT2D eigenvalue weighted by Crippen LogP contribution is 2.35. The van der Waals surface area contributed by atoms with Crippen molar-refractivity contribution in [1.82, 2.24) is 25.3 Å². The quantitative estimate of drug-likeness (QED) is 0.937. The Kier molecular flexibility index (Phi) is 4.22. The van der Waals surface area contributed by atoms with Crippen LogP contribution < -0.4 is 5.32 Å². The number of nitrogens with one attached hydrogen (secondary N) is 1. The topological polar surface area (TPSA) is 84.2 Å². The highest BCUT2D eigenvalue weighted by molar-refractivity contribution is 5.74. The normalized spacial score (nSPS) is 21.2. The van der Waals surface area contributed by atoms with Gasteiger partial charge < -0.3 is 14.7 Å². The van der Waals surface area contributed by atoms with Crippen LogP contribution in [0.4, 0.5) is 9.18 Å². The number of likely N-dealkylation sites (tertiary alicyclic amines) is 1. The van der Waals surface area contributed by atoms with Crippen LogP contribution >= 0.6 is 0 Å². The molecule has 0 radical (unpaired) electrons. The van der Waals surface area contributed by atoms with Crippen molar-refractivity contribution in [2.45, 2.75) is 25.4 Å². The molecule has 3 heterocycles. The second-order valence-corrected chi connectivity index (χ2v) is 5.48. The summed E-state index contributed by atoms with van der Waals surface area (Å²) in [6, 6.07) is 3.17. The van der Waals surface area contributed by atoms with E-state index in [0.29, 0.717) is 30.9 Å². The SMILES string of the molecule is CCNC(=O)N1CCCC(F)(c2nc(-c3ccncc3)no2)C1. The largest absolute Gasteiger partial charge is 0.338 e. The van der Waals surface area contributed by atoms with E-state index in [1.54, 1.807) is 24.5 Å². The molecule has 23 heavy (non-hydrogen) atoms. The van der Waals surface area contributed by atoms with Crippen LogP contribution in [-0.2, 0) is 5.67 Å². The molecule has 3 rings (SSSR count). The van der Waals surface area contributed by atoms with Gasteiger partial charge in [-0.3, -0.25) is 4.98 Å². The number of rotatable bonds is 3. The van der Waals surface area contributed by atoms with Crippen LogP contribution in [0, 0.1) is 0 Å². The van der Waals surface area contributed by atoms with E-state index in [1.807, 2.05) is 6.92 Å². The van der Waals surface area contributed by atoms with Crippen LogP contribution in [0.5, 0.6) is 0 Å². The zero-order chi connectivity index (χ0) is 16.3. The Morgan fingerprint density at radius 2 is 2.26 bits per heavy atom. The Balaban J connectivity index is 1.80. The van der Waals surface area contributed by atoms with E-state index >= 15 is 4.39 Å². The number of pyridine rings is 1. The molecule has 2 amide bonds. The highest BCUT2D eigenvalue weighted by atomic mass is 19.1. The highest BCUT2D eigenvalue weighted by Gasteiger charge is 2.43. The molecule has 122 valence electrons. The minimum absolute atomic E-state index is 0.0849. The van der Waals surface area contributed by atoms with Gasteiger partial charge in [0.2, 0.25) is 11.5 Å².